The van der Waals surface area contributed by atoms with Gasteiger partial charge in [-0.05, 0) is 18.9 Å². The summed E-state index contributed by atoms with van der Waals surface area (Å²) in [5, 5.41) is 10.8. The van der Waals surface area contributed by atoms with Crippen LogP contribution in [-0.2, 0) is 9.53 Å². The van der Waals surface area contributed by atoms with Crippen molar-refractivity contribution < 1.29 is 19.2 Å². The Hall–Kier alpha value is -2.44. The minimum atomic E-state index is -0.555. The van der Waals surface area contributed by atoms with Crippen LogP contribution in [0.2, 0.25) is 0 Å². The molecule has 0 aliphatic rings. The molecule has 7 nitrogen and oxygen atoms in total. The molecule has 0 aliphatic carbocycles. The lowest BCUT2D eigenvalue weighted by atomic mass is 10.1. The van der Waals surface area contributed by atoms with E-state index < -0.39 is 16.8 Å². The van der Waals surface area contributed by atoms with Gasteiger partial charge in [0.05, 0.1) is 12.0 Å². The molecular weight excluding hydrogens is 276 g/mol. The van der Waals surface area contributed by atoms with Crippen molar-refractivity contribution in [2.24, 2.45) is 0 Å². The molecule has 0 unspecified atom stereocenters. The highest BCUT2D eigenvalue weighted by Gasteiger charge is 2.22. The van der Waals surface area contributed by atoms with E-state index in [1.165, 1.54) is 30.2 Å². The van der Waals surface area contributed by atoms with Crippen LogP contribution in [0.15, 0.2) is 18.2 Å². The van der Waals surface area contributed by atoms with E-state index in [9.17, 15) is 19.7 Å². The average molecular weight is 294 g/mol. The summed E-state index contributed by atoms with van der Waals surface area (Å²) in [6.07, 6.45) is 0.663. The first kappa shape index (κ1) is 16.6. The number of amides is 1. The lowest BCUT2D eigenvalue weighted by molar-refractivity contribution is -0.384. The molecule has 0 atom stereocenters. The Balaban J connectivity index is 3.10. The number of rotatable bonds is 6. The van der Waals surface area contributed by atoms with Gasteiger partial charge < -0.3 is 9.64 Å². The highest BCUT2D eigenvalue weighted by molar-refractivity contribution is 5.97. The van der Waals surface area contributed by atoms with Gasteiger partial charge in [-0.2, -0.15) is 0 Å². The van der Waals surface area contributed by atoms with Crippen molar-refractivity contribution in [3.63, 3.8) is 0 Å². The van der Waals surface area contributed by atoms with E-state index in [2.05, 4.69) is 4.74 Å². The number of methoxy groups -OCH3 is 1. The maximum absolute atomic E-state index is 12.5. The van der Waals surface area contributed by atoms with E-state index in [0.717, 1.165) is 0 Å². The molecular formula is C14H18N2O5. The van der Waals surface area contributed by atoms with Crippen LogP contribution in [0, 0.1) is 17.0 Å². The number of ether oxygens (including phenoxy) is 1. The van der Waals surface area contributed by atoms with Gasteiger partial charge in [-0.3, -0.25) is 19.7 Å². The molecule has 1 amide bonds. The number of benzene rings is 1. The molecule has 0 bridgehead atoms. The molecule has 0 aliphatic heterocycles. The van der Waals surface area contributed by atoms with E-state index in [0.29, 0.717) is 18.5 Å². The molecule has 1 aromatic carbocycles. The van der Waals surface area contributed by atoms with Gasteiger partial charge >= 0.3 is 5.97 Å². The maximum Gasteiger partial charge on any atom is 0.325 e. The predicted octanol–water partition coefficient (Wildman–Crippen LogP) is 1.93. The molecule has 0 spiro atoms. The summed E-state index contributed by atoms with van der Waals surface area (Å²) in [6.45, 7) is 3.76. The van der Waals surface area contributed by atoms with E-state index in [1.54, 1.807) is 6.92 Å². The van der Waals surface area contributed by atoms with Gasteiger partial charge in [-0.15, -0.1) is 0 Å². The lowest BCUT2D eigenvalue weighted by Gasteiger charge is -2.21. The Bertz CT molecular complexity index is 556. The third kappa shape index (κ3) is 4.27. The van der Waals surface area contributed by atoms with Crippen LogP contribution in [0.25, 0.3) is 0 Å². The number of carbonyl (C=O) groups excluding carboxylic acids is 2. The fourth-order valence-electron chi connectivity index (χ4n) is 1.87. The summed E-state index contributed by atoms with van der Waals surface area (Å²) in [5.74, 6) is -0.941. The SMILES string of the molecule is CCCN(CC(=O)OC)C(=O)c1cc([N+](=O)[O-])ccc1C. The Morgan fingerprint density at radius 1 is 1.38 bits per heavy atom. The van der Waals surface area contributed by atoms with Crippen LogP contribution >= 0.6 is 0 Å². The van der Waals surface area contributed by atoms with Crippen LogP contribution < -0.4 is 0 Å². The van der Waals surface area contributed by atoms with Crippen molar-refractivity contribution in [2.45, 2.75) is 20.3 Å². The van der Waals surface area contributed by atoms with Gasteiger partial charge in [0.1, 0.15) is 6.54 Å². The quantitative estimate of drug-likeness (QED) is 0.454. The first-order chi connectivity index (χ1) is 9.90. The minimum absolute atomic E-state index is 0.154. The Morgan fingerprint density at radius 3 is 2.57 bits per heavy atom. The number of aryl methyl sites for hydroxylation is 1. The molecule has 0 radical (unpaired) electrons. The second kappa shape index (κ2) is 7.37. The third-order valence-corrected chi connectivity index (χ3v) is 2.99. The molecule has 0 saturated carbocycles. The normalized spacial score (nSPS) is 10.0. The first-order valence-electron chi connectivity index (χ1n) is 6.51. The second-order valence-corrected chi connectivity index (χ2v) is 4.56. The zero-order valence-corrected chi connectivity index (χ0v) is 12.3. The minimum Gasteiger partial charge on any atom is -0.468 e. The molecule has 21 heavy (non-hydrogen) atoms. The van der Waals surface area contributed by atoms with Gasteiger partial charge in [0.2, 0.25) is 0 Å². The predicted molar refractivity (Wildman–Crippen MR) is 76.0 cm³/mol. The molecule has 0 saturated heterocycles. The summed E-state index contributed by atoms with van der Waals surface area (Å²) in [5.41, 5.74) is 0.691. The van der Waals surface area contributed by atoms with Crippen molar-refractivity contribution in [3.05, 3.63) is 39.4 Å². The van der Waals surface area contributed by atoms with Crippen molar-refractivity contribution in [3.8, 4) is 0 Å². The molecule has 0 N–H and O–H groups in total. The fraction of sp³-hybridized carbons (Fsp3) is 0.429. The standard InChI is InChI=1S/C14H18N2O5/c1-4-7-15(9-13(17)21-3)14(18)12-8-11(16(19)20)6-5-10(12)2/h5-6,8H,4,7,9H2,1-3H3. The number of nitrogens with zero attached hydrogens (tertiary/aromatic N) is 2. The van der Waals surface area contributed by atoms with E-state index in [-0.39, 0.29) is 17.8 Å². The number of esters is 1. The average Bonchev–Trinajstić information content (AvgIpc) is 2.46. The van der Waals surface area contributed by atoms with Crippen LogP contribution in [0.1, 0.15) is 29.3 Å². The topological polar surface area (TPSA) is 89.8 Å². The van der Waals surface area contributed by atoms with Gasteiger partial charge in [-0.25, -0.2) is 0 Å². The van der Waals surface area contributed by atoms with Gasteiger partial charge in [0, 0.05) is 24.2 Å². The molecule has 7 heteroatoms. The first-order valence-corrected chi connectivity index (χ1v) is 6.51. The number of nitro groups is 1. The smallest absolute Gasteiger partial charge is 0.325 e. The van der Waals surface area contributed by atoms with E-state index in [4.69, 9.17) is 0 Å². The Morgan fingerprint density at radius 2 is 2.05 bits per heavy atom. The number of hydrogen-bond donors (Lipinski definition) is 0. The number of hydrogen-bond acceptors (Lipinski definition) is 5. The van der Waals surface area contributed by atoms with Crippen LogP contribution in [0.3, 0.4) is 0 Å². The number of non-ortho nitro benzene ring substituents is 1. The second-order valence-electron chi connectivity index (χ2n) is 4.56. The molecule has 1 aromatic rings. The molecule has 0 heterocycles. The van der Waals surface area contributed by atoms with Crippen molar-refractivity contribution in [1.29, 1.82) is 0 Å². The summed E-state index contributed by atoms with van der Waals surface area (Å²) >= 11 is 0. The largest absolute Gasteiger partial charge is 0.468 e. The summed E-state index contributed by atoms with van der Waals surface area (Å²) in [7, 11) is 1.25. The van der Waals surface area contributed by atoms with Gasteiger partial charge in [0.15, 0.2) is 0 Å². The van der Waals surface area contributed by atoms with Gasteiger partial charge in [0.25, 0.3) is 11.6 Å². The van der Waals surface area contributed by atoms with E-state index in [1.807, 2.05) is 6.92 Å². The maximum atomic E-state index is 12.5. The van der Waals surface area contributed by atoms with Gasteiger partial charge in [-0.1, -0.05) is 13.0 Å². The van der Waals surface area contributed by atoms with Crippen LogP contribution in [0.4, 0.5) is 5.69 Å². The summed E-state index contributed by atoms with van der Waals surface area (Å²) in [4.78, 5) is 35.4. The summed E-state index contributed by atoms with van der Waals surface area (Å²) < 4.78 is 4.56. The van der Waals surface area contributed by atoms with Crippen LogP contribution in [-0.4, -0.2) is 41.9 Å². The number of carbonyl (C=O) groups is 2. The van der Waals surface area contributed by atoms with Crippen molar-refractivity contribution >= 4 is 17.6 Å². The van der Waals surface area contributed by atoms with Crippen molar-refractivity contribution in [1.82, 2.24) is 4.90 Å². The monoisotopic (exact) mass is 294 g/mol. The highest BCUT2D eigenvalue weighted by atomic mass is 16.6. The molecule has 0 aromatic heterocycles. The van der Waals surface area contributed by atoms with E-state index >= 15 is 0 Å². The zero-order chi connectivity index (χ0) is 16.0. The highest BCUT2D eigenvalue weighted by Crippen LogP contribution is 2.19. The summed E-state index contributed by atoms with van der Waals surface area (Å²) in [6, 6.07) is 4.10. The van der Waals surface area contributed by atoms with Crippen LogP contribution in [0.5, 0.6) is 0 Å². The fourth-order valence-corrected chi connectivity index (χ4v) is 1.87. The van der Waals surface area contributed by atoms with Crippen molar-refractivity contribution in [2.75, 3.05) is 20.2 Å². The third-order valence-electron chi connectivity index (χ3n) is 2.99. The Labute approximate surface area is 122 Å². The molecule has 114 valence electrons. The molecule has 0 fully saturated rings. The Kier molecular flexibility index (Phi) is 5.83. The molecule has 1 rings (SSSR count). The lowest BCUT2D eigenvalue weighted by Crippen LogP contribution is -2.37. The zero-order valence-electron chi connectivity index (χ0n) is 12.3. The number of nitro benzene ring substituents is 1.